The van der Waals surface area contributed by atoms with Gasteiger partial charge in [-0.3, -0.25) is 28.5 Å². The Morgan fingerprint density at radius 2 is 0.559 bits per heavy atom. The van der Waals surface area contributed by atoms with Gasteiger partial charge >= 0.3 is 0 Å². The van der Waals surface area contributed by atoms with E-state index < -0.39 is 100 Å². The van der Waals surface area contributed by atoms with Gasteiger partial charge in [0.05, 0.1) is 54.7 Å². The van der Waals surface area contributed by atoms with Crippen molar-refractivity contribution in [1.82, 2.24) is 23.6 Å². The number of hydrogen-bond acceptors (Lipinski definition) is 20. The summed E-state index contributed by atoms with van der Waals surface area (Å²) in [5, 5.41) is 1.63. The zero-order valence-corrected chi connectivity index (χ0v) is 98.7. The number of sulfonamides is 10. The van der Waals surface area contributed by atoms with Gasteiger partial charge in [-0.25, -0.2) is 108 Å². The average Bonchev–Trinajstić information content (AvgIpc) is 0.788. The Morgan fingerprint density at radius 1 is 0.266 bits per heavy atom. The Hall–Kier alpha value is -9.05. The standard InChI is InChI=1S/C18H15NO2S.C16H13NO2S.C15H17NO2S.C14H15NO2S.C12H11NO2S.2C7H9NO2S.C7H6NO2S.2C2H7NO2S.3Pr/c20-22(21,19-17-9-5-2-6-10-17)18-13-11-16(12-14-18)15-7-3-1-4-8-15;18-20(19,17-14-9-2-1-3-10-14)16-12-6-8-13-7-4-5-11-15(13)16;1-11-9-12(2)15(13(3)10-11)16-19(17,18)14-7-5-4-6-8-14;16-18(17,12-14-9-5-2-6-10-14)15-11-13-7-3-1-4-8-13;14-16(15,12-9-5-2-6-10-12)13-11-7-3-1-4-8-11;1-11(9,10)8-7-5-3-2-4-6-7;2*1-8-11(9,10)7-5-3-2-4-6-7;2*1-3-6(2,4)5;;;/h1-14,19H;1-12,17H;4-10,16H,1-3H3;1-10,15H,11-12H2;1-10,13H;2*2-6,8H,1H3;3-4,8H,1H3;2*3H,1-2H3;;;/q;;;;;;;-3;;;;;. The molecule has 0 unspecified atom stereocenters. The first-order chi connectivity index (χ1) is 66.1. The quantitative estimate of drug-likeness (QED) is 0.0225. The summed E-state index contributed by atoms with van der Waals surface area (Å²) in [7, 11) is -27.5. The van der Waals surface area contributed by atoms with Crippen molar-refractivity contribution in [1.29, 1.82) is 0 Å². The predicted molar refractivity (Wildman–Crippen MR) is 559 cm³/mol. The van der Waals surface area contributed by atoms with Crippen molar-refractivity contribution in [2.45, 2.75) is 62.4 Å². The van der Waals surface area contributed by atoms with Gasteiger partial charge in [-0.15, -0.1) is 0 Å². The Morgan fingerprint density at radius 3 is 0.923 bits per heavy atom. The third kappa shape index (κ3) is 49.8. The maximum Gasteiger partial charge on any atom is 0.262 e. The minimum absolute atomic E-state index is 0. The topological polar surface area (TPSA) is 462 Å². The van der Waals surface area contributed by atoms with Crippen LogP contribution in [0.15, 0.2) is 424 Å². The first kappa shape index (κ1) is 128. The third-order valence-corrected chi connectivity index (χ3v) is 29.9. The van der Waals surface area contributed by atoms with Crippen LogP contribution < -0.4 is 47.2 Å². The number of benzene rings is 15. The van der Waals surface area contributed by atoms with E-state index in [2.05, 4.69) is 65.4 Å². The van der Waals surface area contributed by atoms with Crippen molar-refractivity contribution in [3.05, 3.63) is 440 Å². The fraction of sp³-hybridized carbons (Fsp3) is 0.120. The minimum Gasteiger partial charge on any atom is -0.545 e. The molecule has 0 amide bonds. The normalized spacial score (nSPS) is 11.0. The van der Waals surface area contributed by atoms with Gasteiger partial charge in [-0.2, -0.15) is 0 Å². The molecule has 15 rings (SSSR count). The average molecular weight is 2510 g/mol. The summed E-state index contributed by atoms with van der Waals surface area (Å²) in [5.41, 5.74) is 9.69. The van der Waals surface area contributed by atoms with Crippen LogP contribution in [0.4, 0.5) is 28.4 Å². The number of aryl methyl sites for hydroxylation is 3. The van der Waals surface area contributed by atoms with Gasteiger partial charge in [0.15, 0.2) is 10.0 Å². The molecule has 0 saturated carbocycles. The van der Waals surface area contributed by atoms with E-state index in [9.17, 15) is 84.2 Å². The molecule has 0 spiro atoms. The predicted octanol–water partition coefficient (Wildman–Crippen LogP) is 16.0. The number of rotatable bonds is 26. The molecule has 15 aromatic carbocycles. The summed E-state index contributed by atoms with van der Waals surface area (Å²) < 4.78 is 251. The maximum absolute atomic E-state index is 12.5. The molecule has 0 saturated heterocycles. The molecule has 3 radical (unpaired) electrons. The van der Waals surface area contributed by atoms with Crippen LogP contribution in [0.2, 0.25) is 0 Å². The van der Waals surface area contributed by atoms with E-state index in [1.807, 2.05) is 191 Å². The van der Waals surface area contributed by atoms with Crippen LogP contribution in [-0.4, -0.2) is 131 Å². The fourth-order valence-corrected chi connectivity index (χ4v) is 19.1. The Labute approximate surface area is 943 Å². The third-order valence-electron chi connectivity index (χ3n) is 18.2. The van der Waals surface area contributed by atoms with Crippen LogP contribution >= 0.6 is 0 Å². The molecule has 0 atom stereocenters. The number of para-hydroxylation sites is 4. The van der Waals surface area contributed by atoms with Crippen LogP contribution in [0.5, 0.6) is 0 Å². The van der Waals surface area contributed by atoms with Crippen molar-refractivity contribution < 1.29 is 208 Å². The summed E-state index contributed by atoms with van der Waals surface area (Å²) in [5.74, 6) is 0.0146. The molecule has 751 valence electrons. The SMILES string of the molecule is CNS(=O)(=O)c1[c-]c[c-]c[c-]1.CNS(=O)(=O)c1ccccc1.CNS(C)(=O)=O.CNS(C)(=O)=O.CS(=O)(=O)Nc1ccccc1.Cc1cc(C)c(NS(=O)(=O)c2ccccc2)c(C)c1.O=S(=O)(Cc1ccccc1)NCc1ccccc1.O=S(=O)(Nc1ccccc1)c1ccc(-c2ccccc2)cc1.O=S(=O)(Nc1ccccc1)c1cccc2ccccc12.O=S(=O)(Nc1ccccc1)c1ccccc1.[Pr].[Pr].[Pr]. The van der Waals surface area contributed by atoms with Crippen molar-refractivity contribution in [3.63, 3.8) is 0 Å². The number of fused-ring (bicyclic) bond motifs is 1. The fourth-order valence-electron chi connectivity index (χ4n) is 11.4. The molecular weight excluding hydrogens is 2400 g/mol. The summed E-state index contributed by atoms with van der Waals surface area (Å²) in [6, 6.07) is 123. The van der Waals surface area contributed by atoms with Crippen LogP contribution in [-0.2, 0) is 113 Å². The van der Waals surface area contributed by atoms with Gasteiger partial charge < -0.3 is 30.3 Å². The molecule has 15 aromatic rings. The second kappa shape index (κ2) is 63.5. The molecule has 0 bridgehead atoms. The van der Waals surface area contributed by atoms with Gasteiger partial charge in [-0.1, -0.05) is 285 Å². The van der Waals surface area contributed by atoms with Gasteiger partial charge in [-0.05, 0) is 191 Å². The summed E-state index contributed by atoms with van der Waals surface area (Å²) in [6.45, 7) is 6.14. The van der Waals surface area contributed by atoms with Crippen molar-refractivity contribution in [3.8, 4) is 11.1 Å². The molecule has 0 aliphatic carbocycles. The number of nitrogens with one attached hydrogen (secondary N) is 10. The first-order valence-corrected chi connectivity index (χ1v) is 58.0. The van der Waals surface area contributed by atoms with E-state index in [1.165, 1.54) is 40.3 Å². The molecule has 0 heterocycles. The second-order valence-electron chi connectivity index (χ2n) is 29.3. The molecule has 10 N–H and O–H groups in total. The van der Waals surface area contributed by atoms with Crippen LogP contribution in [0.25, 0.3) is 21.9 Å². The number of anilines is 5. The molecule has 143 heavy (non-hydrogen) atoms. The first-order valence-electron chi connectivity index (χ1n) is 41.7. The summed E-state index contributed by atoms with van der Waals surface area (Å²) in [6.07, 6.45) is 3.33. The zero-order valence-electron chi connectivity index (χ0n) is 79.4. The van der Waals surface area contributed by atoms with Crippen molar-refractivity contribution in [2.24, 2.45) is 0 Å². The second-order valence-corrected chi connectivity index (χ2v) is 47.2. The summed E-state index contributed by atoms with van der Waals surface area (Å²) >= 11 is 0. The zero-order chi connectivity index (χ0) is 103. The van der Waals surface area contributed by atoms with E-state index in [4.69, 9.17) is 0 Å². The number of hydrogen-bond donors (Lipinski definition) is 10. The molecule has 0 fully saturated rings. The minimum atomic E-state index is -3.59. The molecular formula is C100H109N10O20Pr3S10-3. The molecule has 0 aliphatic rings. The molecule has 30 nitrogen and oxygen atoms in total. The van der Waals surface area contributed by atoms with Gasteiger partial charge in [0, 0.05) is 159 Å². The van der Waals surface area contributed by atoms with Crippen LogP contribution in [0.1, 0.15) is 27.8 Å². The van der Waals surface area contributed by atoms with Crippen molar-refractivity contribution in [2.75, 3.05) is 70.6 Å². The maximum atomic E-state index is 12.5. The van der Waals surface area contributed by atoms with Gasteiger partial charge in [0.1, 0.15) is 0 Å². The van der Waals surface area contributed by atoms with Crippen LogP contribution in [0.3, 0.4) is 0 Å². The van der Waals surface area contributed by atoms with E-state index >= 15 is 0 Å². The van der Waals surface area contributed by atoms with E-state index in [0.29, 0.717) is 44.8 Å². The molecule has 0 aromatic heterocycles. The van der Waals surface area contributed by atoms with E-state index in [1.54, 1.807) is 212 Å². The Bertz CT molecular complexity index is 7470. The largest absolute Gasteiger partial charge is 0.545 e. The summed E-state index contributed by atoms with van der Waals surface area (Å²) in [4.78, 5) is 1.38. The molecule has 0 aliphatic heterocycles. The smallest absolute Gasteiger partial charge is 0.262 e. The van der Waals surface area contributed by atoms with Crippen LogP contribution in [0, 0.1) is 163 Å². The van der Waals surface area contributed by atoms with E-state index in [-0.39, 0.29) is 149 Å². The monoisotopic (exact) mass is 2510 g/mol. The Balaban J connectivity index is 0.000000416. The van der Waals surface area contributed by atoms with Crippen molar-refractivity contribution >= 4 is 139 Å². The van der Waals surface area contributed by atoms with Gasteiger partial charge in [0.2, 0.25) is 50.1 Å². The Kier molecular flexibility index (Phi) is 56.9. The van der Waals surface area contributed by atoms with E-state index in [0.717, 1.165) is 68.5 Å². The van der Waals surface area contributed by atoms with Gasteiger partial charge in [0.25, 0.3) is 40.1 Å². The molecule has 43 heteroatoms.